The summed E-state index contributed by atoms with van der Waals surface area (Å²) in [5, 5.41) is 11.6. The second kappa shape index (κ2) is 7.76. The number of hydrogen-bond acceptors (Lipinski definition) is 7. The number of nitrogens with one attached hydrogen (secondary N) is 1. The number of anilines is 1. The van der Waals surface area contributed by atoms with Crippen molar-refractivity contribution in [3.8, 4) is 10.6 Å². The van der Waals surface area contributed by atoms with E-state index in [2.05, 4.69) is 10.4 Å². The van der Waals surface area contributed by atoms with E-state index in [1.54, 1.807) is 39.7 Å². The summed E-state index contributed by atoms with van der Waals surface area (Å²) in [6.07, 6.45) is 1.66. The Bertz CT molecular complexity index is 1190. The van der Waals surface area contributed by atoms with E-state index in [0.717, 1.165) is 4.88 Å². The first-order valence-corrected chi connectivity index (χ1v) is 10.6. The molecule has 0 radical (unpaired) electrons. The Balaban J connectivity index is 1.81. The molecule has 29 heavy (non-hydrogen) atoms. The number of rotatable bonds is 5. The van der Waals surface area contributed by atoms with Crippen LogP contribution < -0.4 is 5.32 Å². The molecule has 4 heterocycles. The maximum Gasteiger partial charge on any atom is 0.350 e. The molecule has 4 aromatic rings. The Morgan fingerprint density at radius 1 is 1.21 bits per heavy atom. The third-order valence-corrected chi connectivity index (χ3v) is 6.15. The molecule has 1 amide bonds. The summed E-state index contributed by atoms with van der Waals surface area (Å²) in [4.78, 5) is 31.2. The lowest BCUT2D eigenvalue weighted by Gasteiger charge is -2.10. The molecule has 0 aliphatic rings. The van der Waals surface area contributed by atoms with Crippen LogP contribution in [0, 0.1) is 0 Å². The Hall–Kier alpha value is -3.04. The molecule has 0 saturated heterocycles. The molecule has 4 aromatic heterocycles. The second-order valence-corrected chi connectivity index (χ2v) is 8.43. The van der Waals surface area contributed by atoms with Crippen molar-refractivity contribution >= 4 is 51.3 Å². The van der Waals surface area contributed by atoms with E-state index in [4.69, 9.17) is 9.72 Å². The third-order valence-electron chi connectivity index (χ3n) is 4.36. The predicted octanol–water partition coefficient (Wildman–Crippen LogP) is 4.84. The van der Waals surface area contributed by atoms with Crippen LogP contribution >= 0.6 is 22.7 Å². The van der Waals surface area contributed by atoms with Crippen LogP contribution in [0.25, 0.3) is 21.6 Å². The van der Waals surface area contributed by atoms with Gasteiger partial charge in [-0.15, -0.1) is 22.7 Å². The largest absolute Gasteiger partial charge is 0.465 e. The average Bonchev–Trinajstić information content (AvgIpc) is 3.46. The van der Waals surface area contributed by atoms with E-state index >= 15 is 0 Å². The minimum atomic E-state index is -0.484. The van der Waals surface area contributed by atoms with Gasteiger partial charge in [-0.05, 0) is 42.8 Å². The number of nitrogens with zero attached hydrogens (tertiary/aromatic N) is 3. The number of hydrogen-bond donors (Lipinski definition) is 1. The number of pyridine rings is 1. The molecule has 0 aliphatic heterocycles. The number of esters is 1. The monoisotopic (exact) mass is 426 g/mol. The number of aromatic nitrogens is 3. The van der Waals surface area contributed by atoms with Crippen LogP contribution in [0.2, 0.25) is 0 Å². The average molecular weight is 427 g/mol. The molecule has 0 atom stereocenters. The quantitative estimate of drug-likeness (QED) is 0.462. The fourth-order valence-corrected chi connectivity index (χ4v) is 4.43. The van der Waals surface area contributed by atoms with Gasteiger partial charge in [-0.25, -0.2) is 14.5 Å². The first-order valence-electron chi connectivity index (χ1n) is 8.89. The summed E-state index contributed by atoms with van der Waals surface area (Å²) in [6.45, 7) is 4.03. The number of amides is 1. The topological polar surface area (TPSA) is 86.1 Å². The van der Waals surface area contributed by atoms with Gasteiger partial charge in [0.05, 0.1) is 40.5 Å². The van der Waals surface area contributed by atoms with Gasteiger partial charge in [0, 0.05) is 6.04 Å². The lowest BCUT2D eigenvalue weighted by atomic mass is 10.1. The highest BCUT2D eigenvalue weighted by Crippen LogP contribution is 2.30. The highest BCUT2D eigenvalue weighted by atomic mass is 32.1. The summed E-state index contributed by atoms with van der Waals surface area (Å²) in [5.74, 6) is -0.816. The van der Waals surface area contributed by atoms with Crippen molar-refractivity contribution < 1.29 is 14.3 Å². The fourth-order valence-electron chi connectivity index (χ4n) is 2.98. The zero-order valence-electron chi connectivity index (χ0n) is 16.0. The van der Waals surface area contributed by atoms with Gasteiger partial charge in [-0.2, -0.15) is 5.10 Å². The zero-order chi connectivity index (χ0) is 20.5. The highest BCUT2D eigenvalue weighted by Gasteiger charge is 2.21. The molecule has 0 aromatic carbocycles. The molecule has 4 rings (SSSR count). The minimum Gasteiger partial charge on any atom is -0.465 e. The molecule has 7 nitrogen and oxygen atoms in total. The third kappa shape index (κ3) is 3.54. The van der Waals surface area contributed by atoms with E-state index in [1.165, 1.54) is 18.4 Å². The van der Waals surface area contributed by atoms with Gasteiger partial charge in [-0.1, -0.05) is 6.07 Å². The van der Waals surface area contributed by atoms with Crippen molar-refractivity contribution in [3.05, 3.63) is 51.7 Å². The summed E-state index contributed by atoms with van der Waals surface area (Å²) in [5.41, 5.74) is 2.23. The van der Waals surface area contributed by atoms with Crippen LogP contribution in [-0.4, -0.2) is 33.8 Å². The Labute approximate surface area is 175 Å². The van der Waals surface area contributed by atoms with Crippen molar-refractivity contribution in [1.29, 1.82) is 0 Å². The molecule has 0 saturated carbocycles. The van der Waals surface area contributed by atoms with Crippen molar-refractivity contribution in [1.82, 2.24) is 14.8 Å². The van der Waals surface area contributed by atoms with Crippen molar-refractivity contribution in [2.75, 3.05) is 12.4 Å². The summed E-state index contributed by atoms with van der Waals surface area (Å²) < 4.78 is 6.59. The van der Waals surface area contributed by atoms with E-state index < -0.39 is 5.97 Å². The van der Waals surface area contributed by atoms with Crippen LogP contribution in [0.1, 0.15) is 39.9 Å². The molecular weight excluding hydrogens is 408 g/mol. The first-order chi connectivity index (χ1) is 14.0. The van der Waals surface area contributed by atoms with Crippen LogP contribution in [-0.2, 0) is 4.74 Å². The van der Waals surface area contributed by atoms with Gasteiger partial charge in [0.2, 0.25) is 0 Å². The number of carbonyl (C=O) groups is 2. The van der Waals surface area contributed by atoms with Crippen LogP contribution in [0.3, 0.4) is 0 Å². The molecule has 148 valence electrons. The molecule has 0 unspecified atom stereocenters. The summed E-state index contributed by atoms with van der Waals surface area (Å²) in [6, 6.07) is 7.45. The molecule has 0 spiro atoms. The second-order valence-electron chi connectivity index (χ2n) is 6.56. The number of fused-ring (bicyclic) bond motifs is 1. The van der Waals surface area contributed by atoms with Crippen molar-refractivity contribution in [3.63, 3.8) is 0 Å². The maximum atomic E-state index is 13.2. The van der Waals surface area contributed by atoms with Gasteiger partial charge in [0.25, 0.3) is 5.91 Å². The zero-order valence-corrected chi connectivity index (χ0v) is 17.6. The smallest absolute Gasteiger partial charge is 0.350 e. The van der Waals surface area contributed by atoms with Crippen molar-refractivity contribution in [2.24, 2.45) is 0 Å². The Morgan fingerprint density at radius 2 is 2.03 bits per heavy atom. The molecule has 0 fully saturated rings. The van der Waals surface area contributed by atoms with E-state index in [-0.39, 0.29) is 11.9 Å². The minimum absolute atomic E-state index is 0.0947. The molecule has 1 N–H and O–H groups in total. The first kappa shape index (κ1) is 19.3. The van der Waals surface area contributed by atoms with Gasteiger partial charge < -0.3 is 10.1 Å². The van der Waals surface area contributed by atoms with Crippen LogP contribution in [0.4, 0.5) is 5.69 Å². The van der Waals surface area contributed by atoms with Gasteiger partial charge in [0.1, 0.15) is 4.88 Å². The van der Waals surface area contributed by atoms with E-state index in [0.29, 0.717) is 32.9 Å². The summed E-state index contributed by atoms with van der Waals surface area (Å²) in [7, 11) is 1.31. The van der Waals surface area contributed by atoms with E-state index in [9.17, 15) is 9.59 Å². The lowest BCUT2D eigenvalue weighted by Crippen LogP contribution is -2.15. The summed E-state index contributed by atoms with van der Waals surface area (Å²) >= 11 is 2.77. The normalized spacial score (nSPS) is 11.2. The van der Waals surface area contributed by atoms with E-state index in [1.807, 2.05) is 31.4 Å². The SMILES string of the molecule is COC(=O)c1sccc1NC(=O)c1cc(-c2cccs2)nc2c1cnn2C(C)C. The van der Waals surface area contributed by atoms with Crippen molar-refractivity contribution in [2.45, 2.75) is 19.9 Å². The number of ether oxygens (including phenoxy) is 1. The standard InChI is InChI=1S/C20H18N4O3S2/c1-11(2)24-18-13(10-21-24)12(9-15(22-18)16-5-4-7-28-16)19(25)23-14-6-8-29-17(14)20(26)27-3/h4-11H,1-3H3,(H,23,25). The molecule has 0 aliphatic carbocycles. The van der Waals surface area contributed by atoms with Gasteiger partial charge >= 0.3 is 5.97 Å². The highest BCUT2D eigenvalue weighted by molar-refractivity contribution is 7.13. The Morgan fingerprint density at radius 3 is 2.72 bits per heavy atom. The predicted molar refractivity (Wildman–Crippen MR) is 115 cm³/mol. The number of methoxy groups -OCH3 is 1. The van der Waals surface area contributed by atoms with Crippen LogP contribution in [0.15, 0.2) is 41.2 Å². The molecular formula is C20H18N4O3S2. The fraction of sp³-hybridized carbons (Fsp3) is 0.200. The lowest BCUT2D eigenvalue weighted by molar-refractivity contribution is 0.0607. The van der Waals surface area contributed by atoms with Gasteiger partial charge in [-0.3, -0.25) is 4.79 Å². The van der Waals surface area contributed by atoms with Gasteiger partial charge in [0.15, 0.2) is 5.65 Å². The Kier molecular flexibility index (Phi) is 5.16. The molecule has 9 heteroatoms. The molecule has 0 bridgehead atoms. The number of carbonyl (C=O) groups excluding carboxylic acids is 2. The number of thiophene rings is 2. The maximum absolute atomic E-state index is 13.2. The van der Waals surface area contributed by atoms with Crippen LogP contribution in [0.5, 0.6) is 0 Å².